The van der Waals surface area contributed by atoms with Crippen molar-refractivity contribution in [1.29, 1.82) is 0 Å². The predicted molar refractivity (Wildman–Crippen MR) is 44.5 cm³/mol. The van der Waals surface area contributed by atoms with Crippen LogP contribution in [-0.2, 0) is 4.74 Å². The van der Waals surface area contributed by atoms with Crippen LogP contribution in [0.15, 0.2) is 0 Å². The molecule has 1 fully saturated rings. The quantitative estimate of drug-likeness (QED) is 0.629. The van der Waals surface area contributed by atoms with Gasteiger partial charge >= 0.3 is 0 Å². The van der Waals surface area contributed by atoms with Crippen LogP contribution in [0.1, 0.15) is 40.0 Å². The Hall–Kier alpha value is -0.0800. The van der Waals surface area contributed by atoms with Gasteiger partial charge in [0.25, 0.3) is 0 Å². The van der Waals surface area contributed by atoms with E-state index in [0.29, 0.717) is 6.61 Å². The van der Waals surface area contributed by atoms with Gasteiger partial charge in [0.05, 0.1) is 17.8 Å². The maximum absolute atomic E-state index is 9.94. The maximum atomic E-state index is 9.94. The molecule has 0 aromatic heterocycles. The average Bonchev–Trinajstić information content (AvgIpc) is 1.85. The SMILES string of the molecule is CCC1(O)CCOC(C)(C)C1. The summed E-state index contributed by atoms with van der Waals surface area (Å²) in [5.74, 6) is 0. The minimum Gasteiger partial charge on any atom is -0.390 e. The molecular weight excluding hydrogens is 140 g/mol. The van der Waals surface area contributed by atoms with E-state index in [0.717, 1.165) is 19.3 Å². The van der Waals surface area contributed by atoms with Crippen molar-refractivity contribution in [3.63, 3.8) is 0 Å². The van der Waals surface area contributed by atoms with E-state index in [4.69, 9.17) is 4.74 Å². The number of ether oxygens (including phenoxy) is 1. The third-order valence-electron chi connectivity index (χ3n) is 2.47. The van der Waals surface area contributed by atoms with E-state index < -0.39 is 5.60 Å². The molecule has 1 N–H and O–H groups in total. The van der Waals surface area contributed by atoms with Crippen LogP contribution in [-0.4, -0.2) is 22.9 Å². The van der Waals surface area contributed by atoms with E-state index in [1.807, 2.05) is 20.8 Å². The second kappa shape index (κ2) is 2.76. The molecular formula is C9H18O2. The van der Waals surface area contributed by atoms with Gasteiger partial charge in [-0.2, -0.15) is 0 Å². The normalized spacial score (nSPS) is 37.1. The molecule has 0 radical (unpaired) electrons. The summed E-state index contributed by atoms with van der Waals surface area (Å²) in [6, 6.07) is 0. The van der Waals surface area contributed by atoms with E-state index in [1.54, 1.807) is 0 Å². The molecule has 0 aliphatic carbocycles. The molecule has 0 saturated carbocycles. The lowest BCUT2D eigenvalue weighted by Crippen LogP contribution is -2.45. The Bertz CT molecular complexity index is 142. The van der Waals surface area contributed by atoms with Gasteiger partial charge in [-0.15, -0.1) is 0 Å². The van der Waals surface area contributed by atoms with E-state index in [9.17, 15) is 5.11 Å². The van der Waals surface area contributed by atoms with Crippen LogP contribution in [0.25, 0.3) is 0 Å². The minimum atomic E-state index is -0.470. The summed E-state index contributed by atoms with van der Waals surface area (Å²) >= 11 is 0. The first-order valence-electron chi connectivity index (χ1n) is 4.34. The monoisotopic (exact) mass is 158 g/mol. The second-order valence-electron chi connectivity index (χ2n) is 4.11. The van der Waals surface area contributed by atoms with Gasteiger partial charge in [0.1, 0.15) is 0 Å². The molecule has 2 nitrogen and oxygen atoms in total. The second-order valence-corrected chi connectivity index (χ2v) is 4.11. The predicted octanol–water partition coefficient (Wildman–Crippen LogP) is 1.72. The lowest BCUT2D eigenvalue weighted by atomic mass is 9.83. The highest BCUT2D eigenvalue weighted by Gasteiger charge is 2.37. The van der Waals surface area contributed by atoms with Crippen molar-refractivity contribution in [3.05, 3.63) is 0 Å². The molecule has 0 amide bonds. The zero-order valence-electron chi connectivity index (χ0n) is 7.68. The third-order valence-corrected chi connectivity index (χ3v) is 2.47. The van der Waals surface area contributed by atoms with Crippen LogP contribution >= 0.6 is 0 Å². The van der Waals surface area contributed by atoms with Crippen LogP contribution in [0, 0.1) is 0 Å². The molecule has 66 valence electrons. The Balaban J connectivity index is 2.59. The minimum absolute atomic E-state index is 0.136. The number of hydrogen-bond donors (Lipinski definition) is 1. The summed E-state index contributed by atoms with van der Waals surface area (Å²) < 4.78 is 5.50. The van der Waals surface area contributed by atoms with Crippen molar-refractivity contribution < 1.29 is 9.84 Å². The molecule has 0 aromatic rings. The van der Waals surface area contributed by atoms with Gasteiger partial charge in [-0.05, 0) is 26.7 Å². The molecule has 1 aliphatic rings. The molecule has 0 bridgehead atoms. The van der Waals surface area contributed by atoms with Gasteiger partial charge in [0, 0.05) is 6.42 Å². The molecule has 2 heteroatoms. The van der Waals surface area contributed by atoms with Gasteiger partial charge in [0.2, 0.25) is 0 Å². The van der Waals surface area contributed by atoms with Crippen molar-refractivity contribution in [2.45, 2.75) is 51.2 Å². The lowest BCUT2D eigenvalue weighted by molar-refractivity contribution is -0.144. The van der Waals surface area contributed by atoms with Crippen LogP contribution in [0.3, 0.4) is 0 Å². The highest BCUT2D eigenvalue weighted by atomic mass is 16.5. The van der Waals surface area contributed by atoms with Gasteiger partial charge in [-0.25, -0.2) is 0 Å². The number of aliphatic hydroxyl groups is 1. The van der Waals surface area contributed by atoms with E-state index in [-0.39, 0.29) is 5.60 Å². The molecule has 1 heterocycles. The summed E-state index contributed by atoms with van der Waals surface area (Å²) in [6.45, 7) is 6.79. The Morgan fingerprint density at radius 1 is 1.45 bits per heavy atom. The smallest absolute Gasteiger partial charge is 0.0694 e. The highest BCUT2D eigenvalue weighted by molar-refractivity contribution is 4.89. The van der Waals surface area contributed by atoms with Crippen molar-refractivity contribution >= 4 is 0 Å². The zero-order chi connectivity index (χ0) is 8.54. The van der Waals surface area contributed by atoms with Crippen molar-refractivity contribution in [1.82, 2.24) is 0 Å². The molecule has 1 rings (SSSR count). The summed E-state index contributed by atoms with van der Waals surface area (Å²) in [5, 5.41) is 9.94. The standard InChI is InChI=1S/C9H18O2/c1-4-9(10)5-6-11-8(2,3)7-9/h10H,4-7H2,1-3H3. The molecule has 1 atom stereocenters. The van der Waals surface area contributed by atoms with Crippen molar-refractivity contribution in [2.24, 2.45) is 0 Å². The molecule has 1 saturated heterocycles. The van der Waals surface area contributed by atoms with Gasteiger partial charge < -0.3 is 9.84 Å². The van der Waals surface area contributed by atoms with Gasteiger partial charge in [0.15, 0.2) is 0 Å². The summed E-state index contributed by atoms with van der Waals surface area (Å²) in [7, 11) is 0. The summed E-state index contributed by atoms with van der Waals surface area (Å²) in [5.41, 5.74) is -0.606. The molecule has 0 aromatic carbocycles. The van der Waals surface area contributed by atoms with Crippen molar-refractivity contribution in [3.8, 4) is 0 Å². The fourth-order valence-electron chi connectivity index (χ4n) is 1.75. The maximum Gasteiger partial charge on any atom is 0.0694 e. The Morgan fingerprint density at radius 3 is 2.45 bits per heavy atom. The van der Waals surface area contributed by atoms with Gasteiger partial charge in [-0.3, -0.25) is 0 Å². The van der Waals surface area contributed by atoms with Crippen LogP contribution < -0.4 is 0 Å². The van der Waals surface area contributed by atoms with Crippen LogP contribution in [0.5, 0.6) is 0 Å². The zero-order valence-corrected chi connectivity index (χ0v) is 7.68. The van der Waals surface area contributed by atoms with E-state index >= 15 is 0 Å². The topological polar surface area (TPSA) is 29.5 Å². The third kappa shape index (κ3) is 2.17. The first-order chi connectivity index (χ1) is 4.97. The Labute approximate surface area is 68.6 Å². The number of hydrogen-bond acceptors (Lipinski definition) is 2. The summed E-state index contributed by atoms with van der Waals surface area (Å²) in [6.07, 6.45) is 2.38. The Morgan fingerprint density at radius 2 is 2.09 bits per heavy atom. The van der Waals surface area contributed by atoms with Crippen LogP contribution in [0.4, 0.5) is 0 Å². The molecule has 11 heavy (non-hydrogen) atoms. The van der Waals surface area contributed by atoms with Gasteiger partial charge in [-0.1, -0.05) is 6.92 Å². The fraction of sp³-hybridized carbons (Fsp3) is 1.00. The van der Waals surface area contributed by atoms with Crippen LogP contribution in [0.2, 0.25) is 0 Å². The lowest BCUT2D eigenvalue weighted by Gasteiger charge is -2.41. The fourth-order valence-corrected chi connectivity index (χ4v) is 1.75. The summed E-state index contributed by atoms with van der Waals surface area (Å²) in [4.78, 5) is 0. The first-order valence-corrected chi connectivity index (χ1v) is 4.34. The Kier molecular flexibility index (Phi) is 2.26. The molecule has 0 spiro atoms. The molecule has 1 aliphatic heterocycles. The average molecular weight is 158 g/mol. The highest BCUT2D eigenvalue weighted by Crippen LogP contribution is 2.33. The van der Waals surface area contributed by atoms with Crippen molar-refractivity contribution in [2.75, 3.05) is 6.61 Å². The largest absolute Gasteiger partial charge is 0.390 e. The molecule has 1 unspecified atom stereocenters. The first kappa shape index (κ1) is 9.01. The number of rotatable bonds is 1. The van der Waals surface area contributed by atoms with E-state index in [2.05, 4.69) is 0 Å². The van der Waals surface area contributed by atoms with E-state index in [1.165, 1.54) is 0 Å².